The van der Waals surface area contributed by atoms with Gasteiger partial charge in [0, 0.05) is 13.1 Å². The molecule has 0 spiro atoms. The van der Waals surface area contributed by atoms with E-state index in [4.69, 9.17) is 4.74 Å². The molecule has 1 aromatic heterocycles. The van der Waals surface area contributed by atoms with Gasteiger partial charge >= 0.3 is 12.1 Å². The Balaban J connectivity index is 2.18. The average Bonchev–Trinajstić information content (AvgIpc) is 2.90. The number of hydrogen-bond donors (Lipinski definition) is 1. The smallest absolute Gasteiger partial charge is 0.410 e. The zero-order valence-electron chi connectivity index (χ0n) is 14.8. The van der Waals surface area contributed by atoms with Crippen LogP contribution in [0.4, 0.5) is 4.79 Å². The molecule has 1 unspecified atom stereocenters. The topological polar surface area (TPSA) is 97.5 Å². The third-order valence-corrected chi connectivity index (χ3v) is 3.87. The predicted molar refractivity (Wildman–Crippen MR) is 87.1 cm³/mol. The van der Waals surface area contributed by atoms with Gasteiger partial charge in [0.15, 0.2) is 5.69 Å². The molecule has 1 aromatic rings. The summed E-state index contributed by atoms with van der Waals surface area (Å²) in [7, 11) is 0. The maximum absolute atomic E-state index is 12.3. The van der Waals surface area contributed by atoms with Gasteiger partial charge in [-0.3, -0.25) is 0 Å². The van der Waals surface area contributed by atoms with E-state index in [1.807, 2.05) is 27.7 Å². The molecule has 8 nitrogen and oxygen atoms in total. The summed E-state index contributed by atoms with van der Waals surface area (Å²) in [5.74, 6) is -1.07. The first-order chi connectivity index (χ1) is 11.2. The first-order valence-corrected chi connectivity index (χ1v) is 8.38. The highest BCUT2D eigenvalue weighted by Gasteiger charge is 2.31. The number of aromatic nitrogens is 3. The Bertz CT molecular complexity index is 606. The molecule has 2 rings (SSSR count). The van der Waals surface area contributed by atoms with Gasteiger partial charge in [0.1, 0.15) is 5.60 Å². The minimum atomic E-state index is -1.07. The molecule has 1 atom stereocenters. The van der Waals surface area contributed by atoms with Gasteiger partial charge in [-0.05, 0) is 40.0 Å². The third-order valence-electron chi connectivity index (χ3n) is 3.87. The molecule has 0 radical (unpaired) electrons. The minimum Gasteiger partial charge on any atom is -0.476 e. The zero-order chi connectivity index (χ0) is 17.9. The van der Waals surface area contributed by atoms with Crippen LogP contribution in [-0.4, -0.2) is 55.8 Å². The Morgan fingerprint density at radius 2 is 2.08 bits per heavy atom. The van der Waals surface area contributed by atoms with Crippen LogP contribution in [-0.2, 0) is 11.2 Å². The van der Waals surface area contributed by atoms with E-state index < -0.39 is 11.6 Å². The molecule has 0 aromatic carbocycles. The lowest BCUT2D eigenvalue weighted by Crippen LogP contribution is -2.43. The summed E-state index contributed by atoms with van der Waals surface area (Å²) in [6.07, 6.45) is 2.70. The van der Waals surface area contributed by atoms with Crippen molar-refractivity contribution in [3.63, 3.8) is 0 Å². The molecule has 0 saturated carbocycles. The summed E-state index contributed by atoms with van der Waals surface area (Å²) in [5, 5.41) is 17.1. The quantitative estimate of drug-likeness (QED) is 0.906. The van der Waals surface area contributed by atoms with E-state index in [1.54, 1.807) is 9.58 Å². The molecule has 1 saturated heterocycles. The van der Waals surface area contributed by atoms with Crippen LogP contribution in [0, 0.1) is 0 Å². The van der Waals surface area contributed by atoms with Crippen molar-refractivity contribution in [1.82, 2.24) is 19.9 Å². The second-order valence-corrected chi connectivity index (χ2v) is 7.11. The van der Waals surface area contributed by atoms with Crippen molar-refractivity contribution in [3.8, 4) is 0 Å². The number of ether oxygens (including phenoxy) is 1. The van der Waals surface area contributed by atoms with Crippen molar-refractivity contribution < 1.29 is 19.4 Å². The van der Waals surface area contributed by atoms with Crippen LogP contribution in [0.2, 0.25) is 0 Å². The predicted octanol–water partition coefficient (Wildman–Crippen LogP) is 2.50. The van der Waals surface area contributed by atoms with E-state index in [2.05, 4.69) is 10.3 Å². The number of carboxylic acids is 1. The number of amides is 1. The SMILES string of the molecule is CCCc1c(C(=O)O)nnn1C1CCCN(C(=O)OC(C)(C)C)C1. The van der Waals surface area contributed by atoms with Crippen molar-refractivity contribution in [3.05, 3.63) is 11.4 Å². The van der Waals surface area contributed by atoms with E-state index in [0.717, 1.165) is 19.3 Å². The molecular formula is C16H26N4O4. The van der Waals surface area contributed by atoms with Crippen molar-refractivity contribution in [2.24, 2.45) is 0 Å². The molecule has 1 fully saturated rings. The minimum absolute atomic E-state index is 0.00578. The van der Waals surface area contributed by atoms with Gasteiger partial charge in [-0.25, -0.2) is 14.3 Å². The maximum atomic E-state index is 12.3. The number of carbonyl (C=O) groups excluding carboxylic acids is 1. The Morgan fingerprint density at radius 1 is 1.38 bits per heavy atom. The number of piperidine rings is 1. The number of carboxylic acid groups (broad SMARTS) is 1. The van der Waals surface area contributed by atoms with Crippen LogP contribution in [0.3, 0.4) is 0 Å². The van der Waals surface area contributed by atoms with Gasteiger partial charge in [0.25, 0.3) is 0 Å². The fourth-order valence-electron chi connectivity index (χ4n) is 2.89. The summed E-state index contributed by atoms with van der Waals surface area (Å²) in [6, 6.07) is -0.0755. The van der Waals surface area contributed by atoms with Crippen LogP contribution in [0.25, 0.3) is 0 Å². The highest BCUT2D eigenvalue weighted by Crippen LogP contribution is 2.25. The second-order valence-electron chi connectivity index (χ2n) is 7.11. The Hall–Kier alpha value is -2.12. The van der Waals surface area contributed by atoms with Crippen LogP contribution in [0.1, 0.15) is 69.2 Å². The van der Waals surface area contributed by atoms with E-state index in [0.29, 0.717) is 25.2 Å². The van der Waals surface area contributed by atoms with Crippen molar-refractivity contribution >= 4 is 12.1 Å². The van der Waals surface area contributed by atoms with Crippen LogP contribution in [0.5, 0.6) is 0 Å². The fraction of sp³-hybridized carbons (Fsp3) is 0.750. The van der Waals surface area contributed by atoms with E-state index in [9.17, 15) is 14.7 Å². The molecule has 1 aliphatic rings. The third kappa shape index (κ3) is 4.24. The van der Waals surface area contributed by atoms with Crippen molar-refractivity contribution in [1.29, 1.82) is 0 Å². The number of aromatic carboxylic acids is 1. The standard InChI is InChI=1S/C16H26N4O4/c1-5-7-12-13(14(21)22)17-18-20(12)11-8-6-9-19(10-11)15(23)24-16(2,3)4/h11H,5-10H2,1-4H3,(H,21,22). The lowest BCUT2D eigenvalue weighted by Gasteiger charge is -2.34. The second kappa shape index (κ2) is 7.19. The normalized spacial score (nSPS) is 18.5. The van der Waals surface area contributed by atoms with Gasteiger partial charge in [-0.2, -0.15) is 0 Å². The molecule has 24 heavy (non-hydrogen) atoms. The largest absolute Gasteiger partial charge is 0.476 e. The summed E-state index contributed by atoms with van der Waals surface area (Å²) >= 11 is 0. The molecule has 8 heteroatoms. The molecule has 1 N–H and O–H groups in total. The summed E-state index contributed by atoms with van der Waals surface area (Å²) in [4.78, 5) is 25.3. The first kappa shape index (κ1) is 18.2. The van der Waals surface area contributed by atoms with Crippen LogP contribution in [0.15, 0.2) is 0 Å². The molecule has 1 amide bonds. The number of likely N-dealkylation sites (tertiary alicyclic amines) is 1. The van der Waals surface area contributed by atoms with E-state index in [-0.39, 0.29) is 17.8 Å². The monoisotopic (exact) mass is 338 g/mol. The van der Waals surface area contributed by atoms with Crippen LogP contribution < -0.4 is 0 Å². The fourth-order valence-corrected chi connectivity index (χ4v) is 2.89. The molecule has 2 heterocycles. The Morgan fingerprint density at radius 3 is 2.67 bits per heavy atom. The van der Waals surface area contributed by atoms with E-state index in [1.165, 1.54) is 0 Å². The first-order valence-electron chi connectivity index (χ1n) is 8.38. The van der Waals surface area contributed by atoms with Crippen LogP contribution >= 0.6 is 0 Å². The lowest BCUT2D eigenvalue weighted by atomic mass is 10.1. The molecular weight excluding hydrogens is 312 g/mol. The molecule has 0 aliphatic carbocycles. The number of carbonyl (C=O) groups is 2. The summed E-state index contributed by atoms with van der Waals surface area (Å²) < 4.78 is 7.11. The Kier molecular flexibility index (Phi) is 5.46. The van der Waals surface area contributed by atoms with E-state index >= 15 is 0 Å². The van der Waals surface area contributed by atoms with Crippen molar-refractivity contribution in [2.45, 2.75) is 65.0 Å². The van der Waals surface area contributed by atoms with Crippen molar-refractivity contribution in [2.75, 3.05) is 13.1 Å². The summed E-state index contributed by atoms with van der Waals surface area (Å²) in [6.45, 7) is 8.58. The van der Waals surface area contributed by atoms with Gasteiger partial charge in [-0.1, -0.05) is 18.6 Å². The highest BCUT2D eigenvalue weighted by molar-refractivity contribution is 5.86. The molecule has 134 valence electrons. The highest BCUT2D eigenvalue weighted by atomic mass is 16.6. The van der Waals surface area contributed by atoms with Gasteiger partial charge in [0.2, 0.25) is 0 Å². The van der Waals surface area contributed by atoms with Gasteiger partial charge in [-0.15, -0.1) is 5.10 Å². The zero-order valence-corrected chi connectivity index (χ0v) is 14.8. The summed E-state index contributed by atoms with van der Waals surface area (Å²) in [5.41, 5.74) is 0.0912. The number of rotatable bonds is 4. The number of hydrogen-bond acceptors (Lipinski definition) is 5. The Labute approximate surface area is 141 Å². The molecule has 1 aliphatic heterocycles. The maximum Gasteiger partial charge on any atom is 0.410 e. The lowest BCUT2D eigenvalue weighted by molar-refractivity contribution is 0.0164. The van der Waals surface area contributed by atoms with Gasteiger partial charge < -0.3 is 14.7 Å². The average molecular weight is 338 g/mol. The molecule has 0 bridgehead atoms. The number of nitrogens with zero attached hydrogens (tertiary/aromatic N) is 4. The van der Waals surface area contributed by atoms with Gasteiger partial charge in [0.05, 0.1) is 11.7 Å².